The van der Waals surface area contributed by atoms with Crippen LogP contribution in [0.1, 0.15) is 37.0 Å². The van der Waals surface area contributed by atoms with Crippen LogP contribution in [0, 0.1) is 5.92 Å². The van der Waals surface area contributed by atoms with Crippen molar-refractivity contribution < 1.29 is 18.0 Å². The first kappa shape index (κ1) is 25.0. The molecule has 2 saturated heterocycles. The van der Waals surface area contributed by atoms with E-state index >= 15 is 0 Å². The van der Waals surface area contributed by atoms with E-state index in [1.165, 1.54) is 19.1 Å². The van der Waals surface area contributed by atoms with E-state index in [-0.39, 0.29) is 16.7 Å². The summed E-state index contributed by atoms with van der Waals surface area (Å²) in [6, 6.07) is 11.3. The Morgan fingerprint density at radius 1 is 1.03 bits per heavy atom. The highest BCUT2D eigenvalue weighted by atomic mass is 32.2. The zero-order chi connectivity index (χ0) is 25.0. The van der Waals surface area contributed by atoms with Crippen LogP contribution >= 0.6 is 0 Å². The van der Waals surface area contributed by atoms with Gasteiger partial charge in [-0.15, -0.1) is 0 Å². The fraction of sp³-hybridized carbons (Fsp3) is 0.440. The van der Waals surface area contributed by atoms with Gasteiger partial charge in [-0.1, -0.05) is 6.92 Å². The minimum absolute atomic E-state index is 0.0689. The Bertz CT molecular complexity index is 1180. The van der Waals surface area contributed by atoms with Crippen molar-refractivity contribution in [3.63, 3.8) is 0 Å². The lowest BCUT2D eigenvalue weighted by Crippen LogP contribution is -2.44. The third-order valence-electron chi connectivity index (χ3n) is 6.37. The zero-order valence-electron chi connectivity index (χ0n) is 20.2. The summed E-state index contributed by atoms with van der Waals surface area (Å²) in [5.41, 5.74) is 2.11. The molecule has 2 amide bonds. The number of hydrogen-bond donors (Lipinski definition) is 3. The molecule has 0 aliphatic carbocycles. The van der Waals surface area contributed by atoms with Crippen LogP contribution in [0.3, 0.4) is 0 Å². The van der Waals surface area contributed by atoms with Gasteiger partial charge in [0.1, 0.15) is 0 Å². The molecular formula is C25H33N5O4S. The maximum atomic E-state index is 13.3. The van der Waals surface area contributed by atoms with Gasteiger partial charge in [-0.3, -0.25) is 14.3 Å². The van der Waals surface area contributed by atoms with Crippen molar-refractivity contribution in [2.45, 2.75) is 31.6 Å². The Kier molecular flexibility index (Phi) is 7.61. The Balaban J connectivity index is 1.64. The van der Waals surface area contributed by atoms with E-state index in [2.05, 4.69) is 27.2 Å². The van der Waals surface area contributed by atoms with Gasteiger partial charge in [0.15, 0.2) is 0 Å². The molecule has 3 N–H and O–H groups in total. The van der Waals surface area contributed by atoms with Gasteiger partial charge in [0, 0.05) is 57.4 Å². The van der Waals surface area contributed by atoms with Crippen LogP contribution in [-0.4, -0.2) is 64.4 Å². The maximum Gasteiger partial charge on any atom is 0.261 e. The van der Waals surface area contributed by atoms with E-state index in [4.69, 9.17) is 0 Å². The molecule has 1 unspecified atom stereocenters. The third-order valence-corrected chi connectivity index (χ3v) is 7.76. The standard InChI is InChI=1S/C25H33N5O4S/c1-18-4-3-13-30(17-18)25(32)20-5-10-24(29-14-11-26-12-15-29)23(16-20)28-35(33,34)22-8-6-21(7-9-22)27-19(2)31/h5-10,16,18,26,28H,3-4,11-15,17H2,1-2H3,(H,27,31). The lowest BCUT2D eigenvalue weighted by atomic mass is 9.99. The van der Waals surface area contributed by atoms with Gasteiger partial charge in [0.05, 0.1) is 16.3 Å². The zero-order valence-corrected chi connectivity index (χ0v) is 21.0. The van der Waals surface area contributed by atoms with Crippen LogP contribution in [0.5, 0.6) is 0 Å². The summed E-state index contributed by atoms with van der Waals surface area (Å²) in [6.07, 6.45) is 2.08. The lowest BCUT2D eigenvalue weighted by Gasteiger charge is -2.33. The predicted molar refractivity (Wildman–Crippen MR) is 137 cm³/mol. The average Bonchev–Trinajstić information content (AvgIpc) is 2.84. The predicted octanol–water partition coefficient (Wildman–Crippen LogP) is 2.73. The number of hydrogen-bond acceptors (Lipinski definition) is 6. The van der Waals surface area contributed by atoms with Crippen molar-refractivity contribution in [2.75, 3.05) is 54.2 Å². The highest BCUT2D eigenvalue weighted by molar-refractivity contribution is 7.92. The lowest BCUT2D eigenvalue weighted by molar-refractivity contribution is -0.114. The van der Waals surface area contributed by atoms with E-state index in [0.717, 1.165) is 44.7 Å². The second-order valence-electron chi connectivity index (χ2n) is 9.28. The van der Waals surface area contributed by atoms with Crippen molar-refractivity contribution in [2.24, 2.45) is 5.92 Å². The van der Waals surface area contributed by atoms with E-state index in [1.54, 1.807) is 24.3 Å². The van der Waals surface area contributed by atoms with Crippen molar-refractivity contribution >= 4 is 38.9 Å². The molecule has 0 spiro atoms. The summed E-state index contributed by atoms with van der Waals surface area (Å²) in [5.74, 6) is 0.138. The first-order chi connectivity index (χ1) is 16.7. The molecule has 35 heavy (non-hydrogen) atoms. The van der Waals surface area contributed by atoms with Gasteiger partial charge in [-0.25, -0.2) is 8.42 Å². The van der Waals surface area contributed by atoms with Crippen LogP contribution < -0.4 is 20.3 Å². The SMILES string of the molecule is CC(=O)Nc1ccc(S(=O)(=O)Nc2cc(C(=O)N3CCCC(C)C3)ccc2N2CCNCC2)cc1. The van der Waals surface area contributed by atoms with Crippen molar-refractivity contribution in [3.05, 3.63) is 48.0 Å². The molecule has 2 aromatic rings. The second-order valence-corrected chi connectivity index (χ2v) is 11.0. The molecular weight excluding hydrogens is 466 g/mol. The minimum Gasteiger partial charge on any atom is -0.367 e. The number of rotatable bonds is 6. The molecule has 2 aliphatic rings. The van der Waals surface area contributed by atoms with Crippen molar-refractivity contribution in [1.29, 1.82) is 0 Å². The number of nitrogens with zero attached hydrogens (tertiary/aromatic N) is 2. The molecule has 0 saturated carbocycles. The molecule has 188 valence electrons. The van der Waals surface area contributed by atoms with Crippen LogP contribution in [-0.2, 0) is 14.8 Å². The Hall–Kier alpha value is -3.11. The number of likely N-dealkylation sites (tertiary alicyclic amines) is 1. The van der Waals surface area contributed by atoms with E-state index in [9.17, 15) is 18.0 Å². The summed E-state index contributed by atoms with van der Waals surface area (Å²) < 4.78 is 29.3. The molecule has 9 nitrogen and oxygen atoms in total. The molecule has 2 heterocycles. The molecule has 2 aromatic carbocycles. The summed E-state index contributed by atoms with van der Waals surface area (Å²) in [7, 11) is -3.93. The number of carbonyl (C=O) groups excluding carboxylic acids is 2. The first-order valence-electron chi connectivity index (χ1n) is 12.0. The summed E-state index contributed by atoms with van der Waals surface area (Å²) in [6.45, 7) is 8.01. The molecule has 0 aromatic heterocycles. The van der Waals surface area contributed by atoms with Gasteiger partial charge in [-0.2, -0.15) is 0 Å². The van der Waals surface area contributed by atoms with Gasteiger partial charge in [-0.05, 0) is 61.2 Å². The molecule has 2 fully saturated rings. The number of amides is 2. The molecule has 1 atom stereocenters. The number of piperazine rings is 1. The topological polar surface area (TPSA) is 111 Å². The number of anilines is 3. The minimum atomic E-state index is -3.93. The number of nitrogens with one attached hydrogen (secondary N) is 3. The molecule has 0 radical (unpaired) electrons. The van der Waals surface area contributed by atoms with Gasteiger partial charge in [0.2, 0.25) is 5.91 Å². The molecule has 10 heteroatoms. The van der Waals surface area contributed by atoms with Crippen LogP contribution in [0.2, 0.25) is 0 Å². The second kappa shape index (κ2) is 10.7. The Labute approximate surface area is 206 Å². The summed E-state index contributed by atoms with van der Waals surface area (Å²) in [5, 5.41) is 5.93. The van der Waals surface area contributed by atoms with Crippen LogP contribution in [0.15, 0.2) is 47.4 Å². The largest absolute Gasteiger partial charge is 0.367 e. The highest BCUT2D eigenvalue weighted by Crippen LogP contribution is 2.31. The Morgan fingerprint density at radius 3 is 2.40 bits per heavy atom. The first-order valence-corrected chi connectivity index (χ1v) is 13.5. The van der Waals surface area contributed by atoms with Crippen molar-refractivity contribution in [3.8, 4) is 0 Å². The van der Waals surface area contributed by atoms with Crippen molar-refractivity contribution in [1.82, 2.24) is 10.2 Å². The Morgan fingerprint density at radius 2 is 1.74 bits per heavy atom. The van der Waals surface area contributed by atoms with Crippen LogP contribution in [0.4, 0.5) is 17.1 Å². The van der Waals surface area contributed by atoms with E-state index < -0.39 is 10.0 Å². The maximum absolute atomic E-state index is 13.3. The highest BCUT2D eigenvalue weighted by Gasteiger charge is 2.25. The molecule has 4 rings (SSSR count). The smallest absolute Gasteiger partial charge is 0.261 e. The monoisotopic (exact) mass is 499 g/mol. The van der Waals surface area contributed by atoms with Gasteiger partial charge >= 0.3 is 0 Å². The van der Waals surface area contributed by atoms with Gasteiger partial charge < -0.3 is 20.4 Å². The quantitative estimate of drug-likeness (QED) is 0.564. The molecule has 2 aliphatic heterocycles. The average molecular weight is 500 g/mol. The van der Waals surface area contributed by atoms with E-state index in [0.29, 0.717) is 35.9 Å². The fourth-order valence-electron chi connectivity index (χ4n) is 4.61. The molecule has 0 bridgehead atoms. The summed E-state index contributed by atoms with van der Waals surface area (Å²) in [4.78, 5) is 28.5. The number of carbonyl (C=O) groups is 2. The third kappa shape index (κ3) is 6.12. The number of benzene rings is 2. The van der Waals surface area contributed by atoms with Crippen LogP contribution in [0.25, 0.3) is 0 Å². The number of piperidine rings is 1. The fourth-order valence-corrected chi connectivity index (χ4v) is 5.68. The van der Waals surface area contributed by atoms with Gasteiger partial charge in [0.25, 0.3) is 15.9 Å². The normalized spacial score (nSPS) is 18.7. The van der Waals surface area contributed by atoms with E-state index in [1.807, 2.05) is 11.0 Å². The number of sulfonamides is 1. The summed E-state index contributed by atoms with van der Waals surface area (Å²) >= 11 is 0.